The zero-order valence-corrected chi connectivity index (χ0v) is 19.6. The van der Waals surface area contributed by atoms with Crippen LogP contribution in [0.3, 0.4) is 0 Å². The largest absolute Gasteiger partial charge is 0.496 e. The first-order valence-corrected chi connectivity index (χ1v) is 11.5. The van der Waals surface area contributed by atoms with Gasteiger partial charge in [-0.1, -0.05) is 22.0 Å². The zero-order valence-electron chi connectivity index (χ0n) is 17.2. The SMILES string of the molecule is COc1cc(S(=O)(=O)N2CC(CN=C(C)C)Oc3c(C)cc(Br)cc32)ccc1C. The summed E-state index contributed by atoms with van der Waals surface area (Å²) in [5.74, 6) is 1.10. The average molecular weight is 481 g/mol. The van der Waals surface area contributed by atoms with Gasteiger partial charge in [0.05, 0.1) is 30.8 Å². The van der Waals surface area contributed by atoms with Crippen LogP contribution in [0.5, 0.6) is 11.5 Å². The lowest BCUT2D eigenvalue weighted by Gasteiger charge is -2.36. The molecule has 0 N–H and O–H groups in total. The molecule has 0 saturated heterocycles. The van der Waals surface area contributed by atoms with Crippen LogP contribution in [0.25, 0.3) is 0 Å². The second-order valence-corrected chi connectivity index (χ2v) is 10.0. The van der Waals surface area contributed by atoms with Crippen LogP contribution in [0.2, 0.25) is 0 Å². The highest BCUT2D eigenvalue weighted by molar-refractivity contribution is 9.10. The number of benzene rings is 2. The number of sulfonamides is 1. The molecule has 156 valence electrons. The third kappa shape index (κ3) is 4.43. The Bertz CT molecular complexity index is 1060. The van der Waals surface area contributed by atoms with E-state index in [0.29, 0.717) is 23.7 Å². The van der Waals surface area contributed by atoms with Crippen LogP contribution in [0.4, 0.5) is 5.69 Å². The molecular weight excluding hydrogens is 456 g/mol. The highest BCUT2D eigenvalue weighted by Gasteiger charge is 2.35. The molecule has 0 spiro atoms. The number of aliphatic imine (C=N–C) groups is 1. The third-order valence-corrected chi connectivity index (χ3v) is 6.95. The van der Waals surface area contributed by atoms with Crippen LogP contribution in [0, 0.1) is 13.8 Å². The van der Waals surface area contributed by atoms with Crippen molar-refractivity contribution in [2.75, 3.05) is 24.5 Å². The maximum Gasteiger partial charge on any atom is 0.264 e. The maximum atomic E-state index is 13.6. The molecule has 1 aliphatic heterocycles. The number of methoxy groups -OCH3 is 1. The van der Waals surface area contributed by atoms with Crippen molar-refractivity contribution in [2.24, 2.45) is 4.99 Å². The van der Waals surface area contributed by atoms with E-state index in [0.717, 1.165) is 21.3 Å². The number of aryl methyl sites for hydroxylation is 2. The van der Waals surface area contributed by atoms with Crippen molar-refractivity contribution in [2.45, 2.75) is 38.7 Å². The summed E-state index contributed by atoms with van der Waals surface area (Å²) in [5.41, 5.74) is 3.17. The quantitative estimate of drug-likeness (QED) is 0.590. The highest BCUT2D eigenvalue weighted by atomic mass is 79.9. The van der Waals surface area contributed by atoms with Gasteiger partial charge in [-0.15, -0.1) is 0 Å². The second-order valence-electron chi connectivity index (χ2n) is 7.27. The summed E-state index contributed by atoms with van der Waals surface area (Å²) in [6.07, 6.45) is -0.376. The number of halogens is 1. The van der Waals surface area contributed by atoms with Crippen LogP contribution < -0.4 is 13.8 Å². The Balaban J connectivity index is 2.12. The Labute approximate surface area is 180 Å². The zero-order chi connectivity index (χ0) is 21.3. The molecule has 6 nitrogen and oxygen atoms in total. The molecule has 2 aromatic carbocycles. The lowest BCUT2D eigenvalue weighted by atomic mass is 10.1. The first kappa shape index (κ1) is 21.6. The molecule has 1 aliphatic rings. The van der Waals surface area contributed by atoms with Gasteiger partial charge in [-0.2, -0.15) is 0 Å². The monoisotopic (exact) mass is 480 g/mol. The Morgan fingerprint density at radius 3 is 2.62 bits per heavy atom. The molecule has 0 amide bonds. The van der Waals surface area contributed by atoms with Gasteiger partial charge < -0.3 is 9.47 Å². The fourth-order valence-corrected chi connectivity index (χ4v) is 5.30. The van der Waals surface area contributed by atoms with Crippen LogP contribution in [-0.2, 0) is 10.0 Å². The summed E-state index contributed by atoms with van der Waals surface area (Å²) in [5, 5.41) is 0. The van der Waals surface area contributed by atoms with Gasteiger partial charge in [0.2, 0.25) is 0 Å². The smallest absolute Gasteiger partial charge is 0.264 e. The van der Waals surface area contributed by atoms with Crippen LogP contribution in [0.1, 0.15) is 25.0 Å². The van der Waals surface area contributed by atoms with E-state index in [2.05, 4.69) is 20.9 Å². The average Bonchev–Trinajstić information content (AvgIpc) is 2.66. The van der Waals surface area contributed by atoms with Crippen LogP contribution in [0.15, 0.2) is 44.7 Å². The fourth-order valence-electron chi connectivity index (χ4n) is 3.23. The molecule has 0 aromatic heterocycles. The number of hydrogen-bond acceptors (Lipinski definition) is 5. The molecule has 1 unspecified atom stereocenters. The second kappa shape index (κ2) is 8.36. The maximum absolute atomic E-state index is 13.6. The van der Waals surface area contributed by atoms with Crippen molar-refractivity contribution in [1.29, 1.82) is 0 Å². The van der Waals surface area contributed by atoms with E-state index in [4.69, 9.17) is 9.47 Å². The number of ether oxygens (including phenoxy) is 2. The van der Waals surface area contributed by atoms with Gasteiger partial charge in [-0.25, -0.2) is 8.42 Å². The van der Waals surface area contributed by atoms with E-state index in [1.165, 1.54) is 11.4 Å². The third-order valence-electron chi connectivity index (χ3n) is 4.72. The van der Waals surface area contributed by atoms with E-state index < -0.39 is 10.0 Å². The Kier molecular flexibility index (Phi) is 6.24. The predicted octanol–water partition coefficient (Wildman–Crippen LogP) is 4.51. The van der Waals surface area contributed by atoms with Crippen molar-refractivity contribution in [3.8, 4) is 11.5 Å². The molecule has 0 radical (unpaired) electrons. The highest BCUT2D eigenvalue weighted by Crippen LogP contribution is 2.41. The van der Waals surface area contributed by atoms with Crippen molar-refractivity contribution >= 4 is 37.4 Å². The lowest BCUT2D eigenvalue weighted by Crippen LogP contribution is -2.45. The summed E-state index contributed by atoms with van der Waals surface area (Å²) in [6.45, 7) is 8.16. The first-order valence-electron chi connectivity index (χ1n) is 9.25. The van der Waals surface area contributed by atoms with Gasteiger partial charge in [0.15, 0.2) is 0 Å². The van der Waals surface area contributed by atoms with Crippen LogP contribution >= 0.6 is 15.9 Å². The van der Waals surface area contributed by atoms with Gasteiger partial charge in [-0.05, 0) is 57.0 Å². The number of nitrogens with zero attached hydrogens (tertiary/aromatic N) is 2. The normalized spacial score (nSPS) is 16.1. The van der Waals surface area contributed by atoms with Crippen molar-refractivity contribution in [3.63, 3.8) is 0 Å². The molecule has 1 heterocycles. The lowest BCUT2D eigenvalue weighted by molar-refractivity contribution is 0.207. The molecule has 0 bridgehead atoms. The summed E-state index contributed by atoms with van der Waals surface area (Å²) in [6, 6.07) is 8.61. The van der Waals surface area contributed by atoms with Gasteiger partial charge in [0.1, 0.15) is 17.6 Å². The van der Waals surface area contributed by atoms with Gasteiger partial charge >= 0.3 is 0 Å². The van der Waals surface area contributed by atoms with Gasteiger partial charge in [0, 0.05) is 16.3 Å². The molecule has 1 atom stereocenters. The standard InChI is InChI=1S/C21H25BrN2O4S/c1-13(2)23-11-17-12-24(19-9-16(22)8-15(4)21(19)28-17)29(25,26)18-7-6-14(3)20(10-18)27-5/h6-10,17H,11-12H2,1-5H3. The molecule has 0 fully saturated rings. The van der Waals surface area contributed by atoms with E-state index in [-0.39, 0.29) is 17.5 Å². The van der Waals surface area contributed by atoms with E-state index in [9.17, 15) is 8.42 Å². The number of hydrogen-bond donors (Lipinski definition) is 0. The molecule has 0 saturated carbocycles. The topological polar surface area (TPSA) is 68.2 Å². The summed E-state index contributed by atoms with van der Waals surface area (Å²) >= 11 is 3.47. The van der Waals surface area contributed by atoms with Gasteiger partial charge in [0.25, 0.3) is 10.0 Å². The molecule has 0 aliphatic carbocycles. The molecule has 3 rings (SSSR count). The summed E-state index contributed by atoms with van der Waals surface area (Å²) in [7, 11) is -2.29. The molecular formula is C21H25BrN2O4S. The minimum Gasteiger partial charge on any atom is -0.496 e. The molecule has 8 heteroatoms. The molecule has 29 heavy (non-hydrogen) atoms. The number of anilines is 1. The number of fused-ring (bicyclic) bond motifs is 1. The Morgan fingerprint density at radius 1 is 1.24 bits per heavy atom. The van der Waals surface area contributed by atoms with E-state index >= 15 is 0 Å². The number of rotatable bonds is 5. The van der Waals surface area contributed by atoms with E-state index in [1.807, 2.05) is 33.8 Å². The first-order chi connectivity index (χ1) is 13.6. The Hall–Kier alpha value is -2.06. The Morgan fingerprint density at radius 2 is 1.97 bits per heavy atom. The summed E-state index contributed by atoms with van der Waals surface area (Å²) in [4.78, 5) is 4.62. The minimum absolute atomic E-state index is 0.179. The minimum atomic E-state index is -3.83. The predicted molar refractivity (Wildman–Crippen MR) is 119 cm³/mol. The van der Waals surface area contributed by atoms with E-state index in [1.54, 1.807) is 24.3 Å². The summed E-state index contributed by atoms with van der Waals surface area (Å²) < 4.78 is 40.9. The van der Waals surface area contributed by atoms with Crippen LogP contribution in [-0.4, -0.2) is 40.4 Å². The van der Waals surface area contributed by atoms with Crippen molar-refractivity contribution in [3.05, 3.63) is 45.9 Å². The van der Waals surface area contributed by atoms with Gasteiger partial charge in [-0.3, -0.25) is 9.30 Å². The fraction of sp³-hybridized carbons (Fsp3) is 0.381. The molecule has 2 aromatic rings. The van der Waals surface area contributed by atoms with Crippen molar-refractivity contribution in [1.82, 2.24) is 0 Å². The van der Waals surface area contributed by atoms with Crippen molar-refractivity contribution < 1.29 is 17.9 Å².